The summed E-state index contributed by atoms with van der Waals surface area (Å²) in [5.74, 6) is 5.99. The Kier molecular flexibility index (Phi) is 11.5. The van der Waals surface area contributed by atoms with E-state index in [2.05, 4.69) is 51.6 Å². The number of unbranched alkanes of at least 4 members (excludes halogenated alkanes) is 3. The molecule has 1 unspecified atom stereocenters. The summed E-state index contributed by atoms with van der Waals surface area (Å²) in [7, 11) is 0. The molecule has 2 atom stereocenters. The van der Waals surface area contributed by atoms with E-state index < -0.39 is 17.7 Å². The molecule has 4 aromatic carbocycles. The molecular weight excluding hydrogens is 691 g/mol. The van der Waals surface area contributed by atoms with Gasteiger partial charge < -0.3 is 20.4 Å². The van der Waals surface area contributed by atoms with E-state index in [4.69, 9.17) is 10.2 Å². The molecule has 10 heteroatoms. The van der Waals surface area contributed by atoms with E-state index in [0.29, 0.717) is 28.3 Å². The summed E-state index contributed by atoms with van der Waals surface area (Å²) in [4.78, 5) is 52.5. The van der Waals surface area contributed by atoms with Gasteiger partial charge in [-0.25, -0.2) is 4.79 Å². The van der Waals surface area contributed by atoms with Crippen LogP contribution in [0.5, 0.6) is 0 Å². The SMILES string of the molecule is Cc1ccc(N)cc1C(=O)N[C@H](C)c1ccc(C#CC2CCN(CCCCCCc3cccc4c3oc(=O)n4C3CCC(=O)NC3=O)CC2)c2ccccc12. The summed E-state index contributed by atoms with van der Waals surface area (Å²) in [5, 5.41) is 7.69. The van der Waals surface area contributed by atoms with Crippen LogP contribution in [-0.2, 0) is 16.0 Å². The maximum absolute atomic E-state index is 13.1. The summed E-state index contributed by atoms with van der Waals surface area (Å²) >= 11 is 0. The molecule has 3 heterocycles. The van der Waals surface area contributed by atoms with Gasteiger partial charge in [0, 0.05) is 29.2 Å². The monoisotopic (exact) mass is 739 g/mol. The van der Waals surface area contributed by atoms with Gasteiger partial charge in [-0.2, -0.15) is 0 Å². The van der Waals surface area contributed by atoms with Crippen molar-refractivity contribution < 1.29 is 18.8 Å². The van der Waals surface area contributed by atoms with E-state index >= 15 is 0 Å². The fraction of sp³-hybridized carbons (Fsp3) is 0.378. The van der Waals surface area contributed by atoms with Crippen molar-refractivity contribution in [2.75, 3.05) is 25.4 Å². The highest BCUT2D eigenvalue weighted by Gasteiger charge is 2.31. The second kappa shape index (κ2) is 16.8. The number of piperidine rings is 2. The quantitative estimate of drug-likeness (QED) is 0.0575. The van der Waals surface area contributed by atoms with Crippen molar-refractivity contribution in [1.82, 2.24) is 20.1 Å². The highest BCUT2D eigenvalue weighted by atomic mass is 16.4. The highest BCUT2D eigenvalue weighted by Crippen LogP contribution is 2.29. The average molecular weight is 740 g/mol. The number of nitrogen functional groups attached to an aromatic ring is 1. The predicted molar refractivity (Wildman–Crippen MR) is 216 cm³/mol. The number of aromatic nitrogens is 1. The van der Waals surface area contributed by atoms with Gasteiger partial charge >= 0.3 is 5.76 Å². The third kappa shape index (κ3) is 8.53. The Labute approximate surface area is 321 Å². The zero-order chi connectivity index (χ0) is 38.5. The van der Waals surface area contributed by atoms with Crippen molar-refractivity contribution in [3.8, 4) is 11.8 Å². The van der Waals surface area contributed by atoms with Gasteiger partial charge in [0.25, 0.3) is 5.91 Å². The minimum atomic E-state index is -0.736. The first kappa shape index (κ1) is 37.6. The molecular formula is C45H49N5O5. The van der Waals surface area contributed by atoms with Crippen molar-refractivity contribution in [3.63, 3.8) is 0 Å². The lowest BCUT2D eigenvalue weighted by atomic mass is 9.94. The molecule has 2 fully saturated rings. The number of rotatable bonds is 11. The van der Waals surface area contributed by atoms with E-state index in [1.54, 1.807) is 18.2 Å². The van der Waals surface area contributed by atoms with Gasteiger partial charge in [0.2, 0.25) is 11.8 Å². The number of imide groups is 1. The molecule has 1 aromatic heterocycles. The standard InChI is InChI=1S/C45H49N5O5/c1-29-15-19-34(46)28-38(29)43(52)47-30(2)35-20-18-32(36-12-6-7-13-37(35)36)17-16-31-23-26-49(27-24-31)25-8-4-3-5-10-33-11-9-14-39-42(33)55-45(54)50(39)40-21-22-41(51)48-44(40)53/h6-7,9,11-15,18-20,28,30-31,40H,3-5,8,10,21-27,46H2,1-2H3,(H,47,52)(H,48,51,53)/t30-,40?/m1/s1. The van der Waals surface area contributed by atoms with Gasteiger partial charge in [-0.05, 0) is 124 Å². The first-order chi connectivity index (χ1) is 26.7. The molecule has 0 spiro atoms. The largest absolute Gasteiger partial charge is 0.420 e. The second-order valence-corrected chi connectivity index (χ2v) is 15.0. The smallest absolute Gasteiger partial charge is 0.407 e. The number of likely N-dealkylation sites (tertiary alicyclic amines) is 1. The van der Waals surface area contributed by atoms with Crippen LogP contribution >= 0.6 is 0 Å². The van der Waals surface area contributed by atoms with Crippen molar-refractivity contribution in [1.29, 1.82) is 0 Å². The summed E-state index contributed by atoms with van der Waals surface area (Å²) < 4.78 is 7.03. The van der Waals surface area contributed by atoms with Gasteiger partial charge in [0.05, 0.1) is 11.6 Å². The predicted octanol–water partition coefficient (Wildman–Crippen LogP) is 6.97. The number of carbonyl (C=O) groups is 3. The van der Waals surface area contributed by atoms with E-state index in [-0.39, 0.29) is 30.7 Å². The number of carbonyl (C=O) groups excluding carboxylic acids is 3. The number of benzene rings is 4. The first-order valence-electron chi connectivity index (χ1n) is 19.6. The number of anilines is 1. The lowest BCUT2D eigenvalue weighted by Crippen LogP contribution is -2.43. The van der Waals surface area contributed by atoms with Crippen molar-refractivity contribution >= 4 is 45.3 Å². The Morgan fingerprint density at radius 2 is 1.73 bits per heavy atom. The number of fused-ring (bicyclic) bond motifs is 2. The van der Waals surface area contributed by atoms with Crippen molar-refractivity contribution in [2.24, 2.45) is 5.92 Å². The number of nitrogens with one attached hydrogen (secondary N) is 2. The van der Waals surface area contributed by atoms with Gasteiger partial charge in [-0.15, -0.1) is 0 Å². The summed E-state index contributed by atoms with van der Waals surface area (Å²) in [6.07, 6.45) is 7.73. The molecule has 5 aromatic rings. The molecule has 7 rings (SSSR count). The van der Waals surface area contributed by atoms with Crippen LogP contribution in [0.2, 0.25) is 0 Å². The molecule has 284 valence electrons. The molecule has 0 radical (unpaired) electrons. The number of nitrogens with zero attached hydrogens (tertiary/aromatic N) is 2. The van der Waals surface area contributed by atoms with Gasteiger partial charge in [0.15, 0.2) is 5.58 Å². The van der Waals surface area contributed by atoms with Gasteiger partial charge in [-0.3, -0.25) is 24.3 Å². The van der Waals surface area contributed by atoms with Crippen LogP contribution in [0.4, 0.5) is 5.69 Å². The van der Waals surface area contributed by atoms with Crippen molar-refractivity contribution in [3.05, 3.63) is 111 Å². The molecule has 0 bridgehead atoms. The molecule has 0 saturated carbocycles. The van der Waals surface area contributed by atoms with Gasteiger partial charge in [0.1, 0.15) is 6.04 Å². The van der Waals surface area contributed by atoms with Crippen LogP contribution in [0, 0.1) is 24.7 Å². The lowest BCUT2D eigenvalue weighted by molar-refractivity contribution is -0.135. The van der Waals surface area contributed by atoms with E-state index in [0.717, 1.165) is 97.6 Å². The zero-order valence-corrected chi connectivity index (χ0v) is 31.7. The summed E-state index contributed by atoms with van der Waals surface area (Å²) in [6, 6.07) is 22.6. The maximum Gasteiger partial charge on any atom is 0.420 e. The Morgan fingerprint density at radius 1 is 0.945 bits per heavy atom. The van der Waals surface area contributed by atoms with Gasteiger partial charge in [-0.1, -0.05) is 73.2 Å². The molecule has 2 saturated heterocycles. The van der Waals surface area contributed by atoms with Crippen LogP contribution < -0.4 is 22.1 Å². The number of hydrogen-bond acceptors (Lipinski definition) is 7. The van der Waals surface area contributed by atoms with Crippen LogP contribution in [0.15, 0.2) is 82.0 Å². The molecule has 0 aliphatic carbocycles. The Bertz CT molecular complexity index is 2360. The minimum absolute atomic E-state index is 0.139. The number of oxazole rings is 1. The molecule has 10 nitrogen and oxygen atoms in total. The van der Waals surface area contributed by atoms with E-state index in [9.17, 15) is 19.2 Å². The van der Waals surface area contributed by atoms with Crippen LogP contribution in [0.3, 0.4) is 0 Å². The zero-order valence-electron chi connectivity index (χ0n) is 31.7. The summed E-state index contributed by atoms with van der Waals surface area (Å²) in [5.41, 5.74) is 12.2. The number of aryl methyl sites for hydroxylation is 2. The molecule has 55 heavy (non-hydrogen) atoms. The molecule has 2 aliphatic heterocycles. The van der Waals surface area contributed by atoms with Crippen LogP contribution in [-0.4, -0.2) is 46.8 Å². The maximum atomic E-state index is 13.1. The van der Waals surface area contributed by atoms with Crippen LogP contribution in [0.1, 0.15) is 103 Å². The highest BCUT2D eigenvalue weighted by molar-refractivity contribution is 6.00. The second-order valence-electron chi connectivity index (χ2n) is 15.0. The number of para-hydroxylation sites is 1. The molecule has 2 aliphatic rings. The Balaban J connectivity index is 0.870. The number of amides is 3. The van der Waals surface area contributed by atoms with Crippen molar-refractivity contribution in [2.45, 2.75) is 83.7 Å². The Hall–Kier alpha value is -5.66. The third-order valence-electron chi connectivity index (χ3n) is 11.2. The van der Waals surface area contributed by atoms with Crippen LogP contribution in [0.25, 0.3) is 21.9 Å². The Morgan fingerprint density at radius 3 is 2.53 bits per heavy atom. The van der Waals surface area contributed by atoms with E-state index in [1.165, 1.54) is 4.57 Å². The third-order valence-corrected chi connectivity index (χ3v) is 11.2. The number of hydrogen-bond donors (Lipinski definition) is 3. The normalized spacial score (nSPS) is 17.2. The molecule has 4 N–H and O–H groups in total. The summed E-state index contributed by atoms with van der Waals surface area (Å²) in [6.45, 7) is 7.11. The average Bonchev–Trinajstić information content (AvgIpc) is 3.52. The van der Waals surface area contributed by atoms with E-state index in [1.807, 2.05) is 44.2 Å². The topological polar surface area (TPSA) is 140 Å². The lowest BCUT2D eigenvalue weighted by Gasteiger charge is -2.29. The number of nitrogens with two attached hydrogens (primary N) is 1. The fourth-order valence-electron chi connectivity index (χ4n) is 8.06. The minimum Gasteiger partial charge on any atom is -0.407 e. The first-order valence-corrected chi connectivity index (χ1v) is 19.6. The fourth-order valence-corrected chi connectivity index (χ4v) is 8.06. The molecule has 3 amide bonds.